The molecule has 3 atom stereocenters. The largest absolute Gasteiger partial charge is 0.463 e. The van der Waals surface area contributed by atoms with Crippen molar-refractivity contribution in [2.45, 2.75) is 25.4 Å². The first-order valence-corrected chi connectivity index (χ1v) is 6.03. The van der Waals surface area contributed by atoms with Crippen LogP contribution in [-0.4, -0.2) is 10.1 Å². The van der Waals surface area contributed by atoms with Gasteiger partial charge in [-0.3, -0.25) is 4.98 Å². The lowest BCUT2D eigenvalue weighted by molar-refractivity contribution is 0.186. The Hall–Kier alpha value is -1.68. The Balaban J connectivity index is 1.83. The van der Waals surface area contributed by atoms with Crippen molar-refractivity contribution < 1.29 is 13.9 Å². The molecule has 3 rings (SSSR count). The second-order valence-electron chi connectivity index (χ2n) is 4.90. The quantitative estimate of drug-likeness (QED) is 0.906. The summed E-state index contributed by atoms with van der Waals surface area (Å²) in [7, 11) is 0. The molecule has 0 bridgehead atoms. The van der Waals surface area contributed by atoms with Gasteiger partial charge < -0.3 is 9.52 Å². The maximum Gasteiger partial charge on any atom is 0.141 e. The van der Waals surface area contributed by atoms with Gasteiger partial charge in [0.15, 0.2) is 0 Å². The van der Waals surface area contributed by atoms with E-state index in [9.17, 15) is 9.50 Å². The Morgan fingerprint density at radius 2 is 2.22 bits per heavy atom. The van der Waals surface area contributed by atoms with E-state index in [0.717, 1.165) is 18.4 Å². The zero-order chi connectivity index (χ0) is 12.7. The molecule has 3 unspecified atom stereocenters. The number of halogens is 1. The van der Waals surface area contributed by atoms with Gasteiger partial charge in [-0.05, 0) is 30.5 Å². The van der Waals surface area contributed by atoms with E-state index in [1.54, 1.807) is 6.07 Å². The predicted molar refractivity (Wildman–Crippen MR) is 63.5 cm³/mol. The molecule has 1 N–H and O–H groups in total. The molecule has 2 aromatic rings. The van der Waals surface area contributed by atoms with Crippen molar-refractivity contribution in [1.29, 1.82) is 0 Å². The number of furan rings is 1. The Bertz CT molecular complexity index is 566. The summed E-state index contributed by atoms with van der Waals surface area (Å²) >= 11 is 0. The van der Waals surface area contributed by atoms with E-state index >= 15 is 0 Å². The average molecular weight is 247 g/mol. The van der Waals surface area contributed by atoms with E-state index in [1.165, 1.54) is 12.3 Å². The highest BCUT2D eigenvalue weighted by molar-refractivity contribution is 5.25. The lowest BCUT2D eigenvalue weighted by Crippen LogP contribution is -1.99. The predicted octanol–water partition coefficient (Wildman–Crippen LogP) is 3.02. The van der Waals surface area contributed by atoms with Crippen LogP contribution in [0.4, 0.5) is 4.39 Å². The third kappa shape index (κ3) is 2.04. The van der Waals surface area contributed by atoms with Crippen molar-refractivity contribution in [2.75, 3.05) is 0 Å². The van der Waals surface area contributed by atoms with Crippen molar-refractivity contribution in [3.63, 3.8) is 0 Å². The van der Waals surface area contributed by atoms with E-state index in [1.807, 2.05) is 6.07 Å². The van der Waals surface area contributed by atoms with Crippen molar-refractivity contribution in [2.24, 2.45) is 5.92 Å². The van der Waals surface area contributed by atoms with Gasteiger partial charge in [-0.1, -0.05) is 6.92 Å². The molecular weight excluding hydrogens is 233 g/mol. The molecule has 1 saturated carbocycles. The van der Waals surface area contributed by atoms with Crippen LogP contribution >= 0.6 is 0 Å². The zero-order valence-corrected chi connectivity index (χ0v) is 10.0. The van der Waals surface area contributed by atoms with Gasteiger partial charge in [0, 0.05) is 17.7 Å². The van der Waals surface area contributed by atoms with E-state index < -0.39 is 11.9 Å². The SMILES string of the molecule is CC1CC1c1ccc(C(O)c2cncc(F)c2)o1. The first kappa shape index (κ1) is 11.4. The second kappa shape index (κ2) is 4.21. The molecule has 94 valence electrons. The summed E-state index contributed by atoms with van der Waals surface area (Å²) in [6.45, 7) is 2.17. The van der Waals surface area contributed by atoms with Gasteiger partial charge in [0.05, 0.1) is 6.20 Å². The number of aromatic nitrogens is 1. The summed E-state index contributed by atoms with van der Waals surface area (Å²) in [5, 5.41) is 10.1. The highest BCUT2D eigenvalue weighted by atomic mass is 19.1. The van der Waals surface area contributed by atoms with Crippen molar-refractivity contribution >= 4 is 0 Å². The van der Waals surface area contributed by atoms with Crippen molar-refractivity contribution in [3.05, 3.63) is 53.5 Å². The molecule has 1 aliphatic carbocycles. The summed E-state index contributed by atoms with van der Waals surface area (Å²) in [4.78, 5) is 3.72. The summed E-state index contributed by atoms with van der Waals surface area (Å²) in [6.07, 6.45) is 2.71. The highest BCUT2D eigenvalue weighted by Crippen LogP contribution is 2.47. The molecular formula is C14H14FNO2. The van der Waals surface area contributed by atoms with Crippen LogP contribution in [-0.2, 0) is 0 Å². The van der Waals surface area contributed by atoms with Crippen LogP contribution in [0.25, 0.3) is 0 Å². The molecule has 4 heteroatoms. The zero-order valence-electron chi connectivity index (χ0n) is 10.0. The molecule has 0 amide bonds. The summed E-state index contributed by atoms with van der Waals surface area (Å²) < 4.78 is 18.7. The third-order valence-electron chi connectivity index (χ3n) is 3.43. The summed E-state index contributed by atoms with van der Waals surface area (Å²) in [6, 6.07) is 4.90. The fourth-order valence-electron chi connectivity index (χ4n) is 2.18. The molecule has 18 heavy (non-hydrogen) atoms. The highest BCUT2D eigenvalue weighted by Gasteiger charge is 2.37. The summed E-state index contributed by atoms with van der Waals surface area (Å²) in [5.41, 5.74) is 0.403. The van der Waals surface area contributed by atoms with Gasteiger partial charge >= 0.3 is 0 Å². The molecule has 0 saturated heterocycles. The number of nitrogens with zero attached hydrogens (tertiary/aromatic N) is 1. The molecule has 0 radical (unpaired) electrons. The number of hydrogen-bond acceptors (Lipinski definition) is 3. The molecule has 1 fully saturated rings. The van der Waals surface area contributed by atoms with Crippen LogP contribution in [0.3, 0.4) is 0 Å². The summed E-state index contributed by atoms with van der Waals surface area (Å²) in [5.74, 6) is 2.00. The van der Waals surface area contributed by atoms with Gasteiger partial charge in [0.2, 0.25) is 0 Å². The molecule has 0 aliphatic heterocycles. The minimum atomic E-state index is -0.962. The van der Waals surface area contributed by atoms with Crippen LogP contribution in [0.5, 0.6) is 0 Å². The van der Waals surface area contributed by atoms with Crippen LogP contribution < -0.4 is 0 Å². The third-order valence-corrected chi connectivity index (χ3v) is 3.43. The fraction of sp³-hybridized carbons (Fsp3) is 0.357. The first-order chi connectivity index (χ1) is 8.65. The van der Waals surface area contributed by atoms with E-state index in [4.69, 9.17) is 4.42 Å². The van der Waals surface area contributed by atoms with Crippen molar-refractivity contribution in [1.82, 2.24) is 4.98 Å². The van der Waals surface area contributed by atoms with Crippen LogP contribution in [0.15, 0.2) is 35.0 Å². The van der Waals surface area contributed by atoms with Crippen LogP contribution in [0, 0.1) is 11.7 Å². The number of hydrogen-bond donors (Lipinski definition) is 1. The van der Waals surface area contributed by atoms with E-state index in [2.05, 4.69) is 11.9 Å². The monoisotopic (exact) mass is 247 g/mol. The maximum absolute atomic E-state index is 13.0. The maximum atomic E-state index is 13.0. The number of aliphatic hydroxyl groups is 1. The van der Waals surface area contributed by atoms with Crippen LogP contribution in [0.2, 0.25) is 0 Å². The first-order valence-electron chi connectivity index (χ1n) is 6.03. The number of aliphatic hydroxyl groups excluding tert-OH is 1. The Morgan fingerprint density at radius 3 is 2.89 bits per heavy atom. The standard InChI is InChI=1S/C14H14FNO2/c1-8-4-11(8)12-2-3-13(18-12)14(17)9-5-10(15)7-16-6-9/h2-3,5-8,11,14,17H,4H2,1H3. The van der Waals surface area contributed by atoms with Crippen LogP contribution in [0.1, 0.15) is 42.5 Å². The Morgan fingerprint density at radius 1 is 1.44 bits per heavy atom. The van der Waals surface area contributed by atoms with Gasteiger partial charge in [0.25, 0.3) is 0 Å². The Kier molecular flexibility index (Phi) is 2.67. The minimum Gasteiger partial charge on any atom is -0.463 e. The average Bonchev–Trinajstić information content (AvgIpc) is 2.91. The lowest BCUT2D eigenvalue weighted by Gasteiger charge is -2.07. The van der Waals surface area contributed by atoms with Crippen molar-refractivity contribution in [3.8, 4) is 0 Å². The molecule has 0 spiro atoms. The Labute approximate surface area is 104 Å². The minimum absolute atomic E-state index is 0.403. The molecule has 1 aliphatic rings. The van der Waals surface area contributed by atoms with Gasteiger partial charge in [-0.15, -0.1) is 0 Å². The molecule has 3 nitrogen and oxygen atoms in total. The normalized spacial score (nSPS) is 23.9. The van der Waals surface area contributed by atoms with Gasteiger partial charge in [-0.2, -0.15) is 0 Å². The van der Waals surface area contributed by atoms with E-state index in [-0.39, 0.29) is 0 Å². The lowest BCUT2D eigenvalue weighted by atomic mass is 10.1. The number of rotatable bonds is 3. The molecule has 2 aromatic heterocycles. The molecule has 0 aromatic carbocycles. The number of pyridine rings is 1. The van der Waals surface area contributed by atoms with Gasteiger partial charge in [-0.25, -0.2) is 4.39 Å². The van der Waals surface area contributed by atoms with E-state index in [0.29, 0.717) is 23.2 Å². The molecule has 2 heterocycles. The topological polar surface area (TPSA) is 46.3 Å². The smallest absolute Gasteiger partial charge is 0.141 e. The second-order valence-corrected chi connectivity index (χ2v) is 4.90. The van der Waals surface area contributed by atoms with Gasteiger partial charge in [0.1, 0.15) is 23.4 Å². The fourth-order valence-corrected chi connectivity index (χ4v) is 2.18.